The van der Waals surface area contributed by atoms with Gasteiger partial charge in [-0.15, -0.1) is 0 Å². The third-order valence-corrected chi connectivity index (χ3v) is 5.51. The van der Waals surface area contributed by atoms with Gasteiger partial charge < -0.3 is 9.47 Å². The van der Waals surface area contributed by atoms with E-state index in [4.69, 9.17) is 9.47 Å². The van der Waals surface area contributed by atoms with Crippen LogP contribution in [0.2, 0.25) is 0 Å². The van der Waals surface area contributed by atoms with Crippen molar-refractivity contribution in [1.82, 2.24) is 4.90 Å². The van der Waals surface area contributed by atoms with Crippen LogP contribution in [0.1, 0.15) is 39.3 Å². The number of aliphatic imine (C=N–C) groups is 1. The lowest BCUT2D eigenvalue weighted by atomic mass is 9.94. The van der Waals surface area contributed by atoms with Gasteiger partial charge in [0.2, 0.25) is 5.91 Å². The topological polar surface area (TPSA) is 68.2 Å². The van der Waals surface area contributed by atoms with Crippen LogP contribution in [0.4, 0.5) is 0 Å². The summed E-state index contributed by atoms with van der Waals surface area (Å²) in [6, 6.07) is 6.84. The first kappa shape index (κ1) is 19.5. The average molecular weight is 388 g/mol. The molecule has 6 nitrogen and oxygen atoms in total. The molecular weight excluding hydrogens is 364 g/mol. The van der Waals surface area contributed by atoms with Crippen LogP contribution in [-0.2, 0) is 14.3 Å². The molecule has 2 aliphatic rings. The van der Waals surface area contributed by atoms with Gasteiger partial charge in [0.1, 0.15) is 5.75 Å². The van der Waals surface area contributed by atoms with Crippen LogP contribution >= 0.6 is 11.8 Å². The third kappa shape index (κ3) is 3.74. The molecule has 0 aromatic heterocycles. The monoisotopic (exact) mass is 388 g/mol. The van der Waals surface area contributed by atoms with Crippen molar-refractivity contribution in [2.24, 2.45) is 10.9 Å². The molecule has 0 radical (unpaired) electrons. The van der Waals surface area contributed by atoms with E-state index in [-0.39, 0.29) is 17.1 Å². The normalized spacial score (nSPS) is 22.1. The summed E-state index contributed by atoms with van der Waals surface area (Å²) in [5, 5.41) is 0.398. The summed E-state index contributed by atoms with van der Waals surface area (Å²) in [4.78, 5) is 31.8. The Balaban J connectivity index is 2.05. The molecule has 0 spiro atoms. The molecule has 144 valence electrons. The van der Waals surface area contributed by atoms with Crippen molar-refractivity contribution in [2.75, 3.05) is 13.7 Å². The number of hydrogen-bond acceptors (Lipinski definition) is 6. The molecule has 2 atom stereocenters. The highest BCUT2D eigenvalue weighted by molar-refractivity contribution is 8.15. The zero-order valence-electron chi connectivity index (χ0n) is 16.2. The van der Waals surface area contributed by atoms with E-state index in [1.165, 1.54) is 11.8 Å². The molecule has 27 heavy (non-hydrogen) atoms. The van der Waals surface area contributed by atoms with Crippen LogP contribution in [0.5, 0.6) is 5.75 Å². The smallest absolute Gasteiger partial charge is 0.338 e. The van der Waals surface area contributed by atoms with Gasteiger partial charge >= 0.3 is 5.97 Å². The number of carbonyl (C=O) groups excluding carboxylic acids is 2. The first-order valence-corrected chi connectivity index (χ1v) is 9.81. The number of allylic oxidation sites excluding steroid dienone is 1. The lowest BCUT2D eigenvalue weighted by Gasteiger charge is -2.33. The van der Waals surface area contributed by atoms with Gasteiger partial charge in [-0.05, 0) is 37.5 Å². The van der Waals surface area contributed by atoms with Gasteiger partial charge in [0.05, 0.1) is 36.3 Å². The average Bonchev–Trinajstić information content (AvgIpc) is 2.92. The molecule has 0 unspecified atom stereocenters. The summed E-state index contributed by atoms with van der Waals surface area (Å²) in [5.74, 6) is 0.452. The number of benzene rings is 1. The predicted molar refractivity (Wildman–Crippen MR) is 106 cm³/mol. The molecule has 1 aromatic carbocycles. The first-order chi connectivity index (χ1) is 12.8. The van der Waals surface area contributed by atoms with E-state index in [1.54, 1.807) is 18.9 Å². The number of thioether (sulfide) groups is 1. The fraction of sp³-hybridized carbons (Fsp3) is 0.450. The van der Waals surface area contributed by atoms with Crippen molar-refractivity contribution in [3.63, 3.8) is 0 Å². The van der Waals surface area contributed by atoms with Gasteiger partial charge in [-0.1, -0.05) is 37.7 Å². The van der Waals surface area contributed by atoms with E-state index in [0.717, 1.165) is 5.56 Å². The van der Waals surface area contributed by atoms with E-state index < -0.39 is 12.0 Å². The zero-order chi connectivity index (χ0) is 19.7. The van der Waals surface area contributed by atoms with Gasteiger partial charge in [-0.25, -0.2) is 9.79 Å². The standard InChI is InChI=1S/C20H24N2O4S/c1-11(2)10-26-19(24)16-12(3)21-20-22(18(23)13(4)27-20)17(16)14-6-8-15(25-5)9-7-14/h6-9,11,13,17H,10H2,1-5H3/t13-,17+/m0/s1. The second kappa shape index (κ2) is 7.76. The van der Waals surface area contributed by atoms with Crippen molar-refractivity contribution in [1.29, 1.82) is 0 Å². The molecule has 1 saturated heterocycles. The van der Waals surface area contributed by atoms with E-state index >= 15 is 0 Å². The molecule has 0 N–H and O–H groups in total. The number of amides is 1. The molecule has 1 fully saturated rings. The summed E-state index contributed by atoms with van der Waals surface area (Å²) in [5.41, 5.74) is 1.82. The lowest BCUT2D eigenvalue weighted by molar-refractivity contribution is -0.141. The molecule has 1 aromatic rings. The van der Waals surface area contributed by atoms with E-state index in [1.807, 2.05) is 45.0 Å². The maximum Gasteiger partial charge on any atom is 0.338 e. The number of ether oxygens (including phenoxy) is 2. The number of esters is 1. The molecule has 3 rings (SSSR count). The molecule has 1 amide bonds. The van der Waals surface area contributed by atoms with Crippen molar-refractivity contribution >= 4 is 28.8 Å². The quantitative estimate of drug-likeness (QED) is 0.722. The number of methoxy groups -OCH3 is 1. The Kier molecular flexibility index (Phi) is 5.60. The Bertz CT molecular complexity index is 814. The Labute approximate surface area is 163 Å². The van der Waals surface area contributed by atoms with Gasteiger partial charge in [-0.3, -0.25) is 9.69 Å². The summed E-state index contributed by atoms with van der Waals surface area (Å²) < 4.78 is 10.7. The maximum atomic E-state index is 12.9. The van der Waals surface area contributed by atoms with Gasteiger partial charge in [-0.2, -0.15) is 0 Å². The Morgan fingerprint density at radius 2 is 1.96 bits per heavy atom. The molecular formula is C20H24N2O4S. The second-order valence-electron chi connectivity index (χ2n) is 7.03. The van der Waals surface area contributed by atoms with Gasteiger partial charge in [0.25, 0.3) is 0 Å². The highest BCUT2D eigenvalue weighted by Gasteiger charge is 2.46. The van der Waals surface area contributed by atoms with Gasteiger partial charge in [0, 0.05) is 0 Å². The van der Waals surface area contributed by atoms with Crippen LogP contribution in [-0.4, -0.2) is 40.9 Å². The Hall–Kier alpha value is -2.28. The molecule has 0 bridgehead atoms. The van der Waals surface area contributed by atoms with Crippen LogP contribution in [0.25, 0.3) is 0 Å². The van der Waals surface area contributed by atoms with Crippen LogP contribution < -0.4 is 4.74 Å². The van der Waals surface area contributed by atoms with E-state index in [2.05, 4.69) is 4.99 Å². The summed E-state index contributed by atoms with van der Waals surface area (Å²) in [7, 11) is 1.60. The fourth-order valence-corrected chi connectivity index (χ4v) is 4.11. The van der Waals surface area contributed by atoms with Crippen molar-refractivity contribution in [2.45, 2.75) is 39.0 Å². The number of fused-ring (bicyclic) bond motifs is 1. The summed E-state index contributed by atoms with van der Waals surface area (Å²) in [6.07, 6.45) is 0. The molecule has 7 heteroatoms. The highest BCUT2D eigenvalue weighted by atomic mass is 32.2. The third-order valence-electron chi connectivity index (χ3n) is 4.46. The highest BCUT2D eigenvalue weighted by Crippen LogP contribution is 2.43. The van der Waals surface area contributed by atoms with E-state index in [0.29, 0.717) is 28.8 Å². The largest absolute Gasteiger partial charge is 0.497 e. The maximum absolute atomic E-state index is 12.9. The van der Waals surface area contributed by atoms with Crippen molar-refractivity contribution in [3.05, 3.63) is 41.1 Å². The van der Waals surface area contributed by atoms with Crippen LogP contribution in [0.3, 0.4) is 0 Å². The number of nitrogens with zero attached hydrogens (tertiary/aromatic N) is 2. The summed E-state index contributed by atoms with van der Waals surface area (Å²) >= 11 is 1.41. The zero-order valence-corrected chi connectivity index (χ0v) is 17.0. The minimum Gasteiger partial charge on any atom is -0.497 e. The SMILES string of the molecule is COc1ccc([C@@H]2C(C(=O)OCC(C)C)=C(C)N=C3S[C@@H](C)C(=O)N32)cc1. The molecule has 2 aliphatic heterocycles. The van der Waals surface area contributed by atoms with Crippen LogP contribution in [0, 0.1) is 5.92 Å². The molecule has 2 heterocycles. The predicted octanol–water partition coefficient (Wildman–Crippen LogP) is 3.54. The second-order valence-corrected chi connectivity index (χ2v) is 8.34. The number of carbonyl (C=O) groups is 2. The Morgan fingerprint density at radius 1 is 1.30 bits per heavy atom. The van der Waals surface area contributed by atoms with Crippen molar-refractivity contribution in [3.8, 4) is 5.75 Å². The van der Waals surface area contributed by atoms with E-state index in [9.17, 15) is 9.59 Å². The molecule has 0 aliphatic carbocycles. The lowest BCUT2D eigenvalue weighted by Crippen LogP contribution is -2.40. The van der Waals surface area contributed by atoms with Gasteiger partial charge in [0.15, 0.2) is 5.17 Å². The summed E-state index contributed by atoms with van der Waals surface area (Å²) in [6.45, 7) is 7.93. The number of hydrogen-bond donors (Lipinski definition) is 0. The minimum absolute atomic E-state index is 0.0544. The Morgan fingerprint density at radius 3 is 2.56 bits per heavy atom. The molecule has 0 saturated carbocycles. The van der Waals surface area contributed by atoms with Crippen LogP contribution in [0.15, 0.2) is 40.5 Å². The minimum atomic E-state index is -0.548. The fourth-order valence-electron chi connectivity index (χ4n) is 3.09. The number of rotatable bonds is 5. The number of amidine groups is 1. The first-order valence-electron chi connectivity index (χ1n) is 8.93. The van der Waals surface area contributed by atoms with Crippen molar-refractivity contribution < 1.29 is 19.1 Å².